The third kappa shape index (κ3) is 10.4. The minimum atomic E-state index is 0. The third-order valence-corrected chi connectivity index (χ3v) is 3.72. The number of benzene rings is 1. The van der Waals surface area contributed by atoms with Crippen LogP contribution in [0.25, 0.3) is 0 Å². The molecule has 1 N–H and O–H groups in total. The summed E-state index contributed by atoms with van der Waals surface area (Å²) in [5.41, 5.74) is 3.56. The fourth-order valence-corrected chi connectivity index (χ4v) is 2.53. The van der Waals surface area contributed by atoms with Gasteiger partial charge in [0.15, 0.2) is 0 Å². The van der Waals surface area contributed by atoms with Gasteiger partial charge in [-0.2, -0.15) is 17.7 Å². The molecule has 25 heavy (non-hydrogen) atoms. The van der Waals surface area contributed by atoms with Crippen LogP contribution in [-0.4, -0.2) is 5.11 Å². The number of phenols is 1. The summed E-state index contributed by atoms with van der Waals surface area (Å²) in [4.78, 5) is 0. The van der Waals surface area contributed by atoms with Gasteiger partial charge in [0.2, 0.25) is 0 Å². The second-order valence-electron chi connectivity index (χ2n) is 6.99. The van der Waals surface area contributed by atoms with E-state index in [1.807, 2.05) is 18.2 Å². The Morgan fingerprint density at radius 2 is 1.20 bits per heavy atom. The van der Waals surface area contributed by atoms with Crippen LogP contribution in [0.3, 0.4) is 0 Å². The second-order valence-corrected chi connectivity index (χ2v) is 6.99. The summed E-state index contributed by atoms with van der Waals surface area (Å²) in [5, 5.41) is 9.93. The molecule has 0 amide bonds. The first-order chi connectivity index (χ1) is 10.3. The van der Waals surface area contributed by atoms with Crippen LogP contribution in [0, 0.1) is 5.92 Å². The van der Waals surface area contributed by atoms with Gasteiger partial charge in [-0.3, -0.25) is 0 Å². The van der Waals surface area contributed by atoms with Crippen LogP contribution in [0.1, 0.15) is 70.1 Å². The zero-order valence-electron chi connectivity index (χ0n) is 16.2. The first-order valence-corrected chi connectivity index (χ1v) is 8.35. The Morgan fingerprint density at radius 1 is 0.800 bits per heavy atom. The van der Waals surface area contributed by atoms with Gasteiger partial charge in [-0.25, -0.2) is 12.1 Å². The van der Waals surface area contributed by atoms with E-state index in [9.17, 15) is 5.11 Å². The van der Waals surface area contributed by atoms with E-state index in [2.05, 4.69) is 65.8 Å². The third-order valence-electron chi connectivity index (χ3n) is 3.72. The van der Waals surface area contributed by atoms with Crippen LogP contribution < -0.4 is 24.8 Å². The second kappa shape index (κ2) is 14.8. The zero-order chi connectivity index (χ0) is 16.7. The van der Waals surface area contributed by atoms with Gasteiger partial charge in [0.05, 0.1) is 0 Å². The molecule has 1 radical (unpaired) electrons. The van der Waals surface area contributed by atoms with Gasteiger partial charge in [0, 0.05) is 0 Å². The molecule has 0 bridgehead atoms. The van der Waals surface area contributed by atoms with Gasteiger partial charge in [-0.15, -0.1) is 0 Å². The molecule has 1 nitrogen and oxygen atoms in total. The van der Waals surface area contributed by atoms with Gasteiger partial charge in [-0.1, -0.05) is 72.1 Å². The number of hydrogen-bond donors (Lipinski definition) is 1. The van der Waals surface area contributed by atoms with Gasteiger partial charge >= 0.3 is 21.7 Å². The molecule has 0 aliphatic carbocycles. The van der Waals surface area contributed by atoms with Crippen LogP contribution in [-0.2, 0) is 28.1 Å². The van der Waals surface area contributed by atoms with Crippen molar-refractivity contribution < 1.29 is 51.6 Å². The molecule has 0 fully saturated rings. The molecule has 2 aromatic rings. The SMILES string of the molecule is CC(C)C[c-]1cccc1.CC(C)c1cccc(C(C)C)c1O.[Cl-].[Cl-].[Ti+3]. The van der Waals surface area contributed by atoms with Crippen molar-refractivity contribution in [1.29, 1.82) is 0 Å². The van der Waals surface area contributed by atoms with Gasteiger partial charge in [-0.05, 0) is 23.0 Å². The predicted octanol–water partition coefficient (Wildman–Crippen LogP) is 0.249. The molecule has 0 aliphatic rings. The van der Waals surface area contributed by atoms with E-state index in [1.165, 1.54) is 12.0 Å². The van der Waals surface area contributed by atoms with Gasteiger partial charge in [0.25, 0.3) is 0 Å². The average Bonchev–Trinajstić information content (AvgIpc) is 2.91. The average molecular weight is 418 g/mol. The Morgan fingerprint density at radius 3 is 1.52 bits per heavy atom. The summed E-state index contributed by atoms with van der Waals surface area (Å²) in [6, 6.07) is 14.6. The van der Waals surface area contributed by atoms with E-state index in [1.54, 1.807) is 0 Å². The number of para-hydroxylation sites is 1. The minimum Gasteiger partial charge on any atom is -1.00 e. The summed E-state index contributed by atoms with van der Waals surface area (Å²) in [6.45, 7) is 12.9. The fraction of sp³-hybridized carbons (Fsp3) is 0.476. The predicted molar refractivity (Wildman–Crippen MR) is 96.9 cm³/mol. The molecule has 0 heterocycles. The molecule has 0 saturated carbocycles. The Bertz CT molecular complexity index is 523. The quantitative estimate of drug-likeness (QED) is 0.558. The van der Waals surface area contributed by atoms with Crippen molar-refractivity contribution in [2.75, 3.05) is 0 Å². The zero-order valence-corrected chi connectivity index (χ0v) is 19.3. The van der Waals surface area contributed by atoms with Crippen molar-refractivity contribution in [3.8, 4) is 5.75 Å². The summed E-state index contributed by atoms with van der Waals surface area (Å²) < 4.78 is 0. The van der Waals surface area contributed by atoms with E-state index < -0.39 is 0 Å². The Balaban J connectivity index is -0.000000362. The Labute approximate surface area is 181 Å². The first kappa shape index (κ1) is 29.4. The molecular formula is C21H31Cl2OTi. The molecule has 0 unspecified atom stereocenters. The Kier molecular flexibility index (Phi) is 17.4. The van der Waals surface area contributed by atoms with Gasteiger partial charge < -0.3 is 29.9 Å². The van der Waals surface area contributed by atoms with Crippen LogP contribution in [0.5, 0.6) is 5.75 Å². The summed E-state index contributed by atoms with van der Waals surface area (Å²) in [5.74, 6) is 2.04. The first-order valence-electron chi connectivity index (χ1n) is 8.35. The van der Waals surface area contributed by atoms with E-state index in [0.29, 0.717) is 17.6 Å². The van der Waals surface area contributed by atoms with Crippen molar-refractivity contribution >= 4 is 0 Å². The van der Waals surface area contributed by atoms with Gasteiger partial charge in [0.1, 0.15) is 5.75 Å². The monoisotopic (exact) mass is 417 g/mol. The van der Waals surface area contributed by atoms with Crippen LogP contribution >= 0.6 is 0 Å². The topological polar surface area (TPSA) is 20.2 Å². The van der Waals surface area contributed by atoms with Crippen LogP contribution in [0.2, 0.25) is 0 Å². The Hall–Kier alpha value is -0.336. The van der Waals surface area contributed by atoms with Crippen LogP contribution in [0.4, 0.5) is 0 Å². The van der Waals surface area contributed by atoms with Crippen molar-refractivity contribution in [1.82, 2.24) is 0 Å². The number of rotatable bonds is 4. The summed E-state index contributed by atoms with van der Waals surface area (Å²) >= 11 is 0. The molecule has 0 saturated heterocycles. The molecule has 0 aromatic heterocycles. The van der Waals surface area contributed by atoms with E-state index in [-0.39, 0.29) is 46.5 Å². The maximum absolute atomic E-state index is 9.93. The molecule has 0 aliphatic heterocycles. The number of halogens is 2. The van der Waals surface area contributed by atoms with Crippen molar-refractivity contribution in [3.05, 3.63) is 59.2 Å². The molecule has 2 rings (SSSR count). The van der Waals surface area contributed by atoms with E-state index >= 15 is 0 Å². The van der Waals surface area contributed by atoms with Crippen molar-refractivity contribution in [2.24, 2.45) is 5.92 Å². The molecule has 0 atom stereocenters. The molecular weight excluding hydrogens is 387 g/mol. The molecule has 139 valence electrons. The smallest absolute Gasteiger partial charge is 1.00 e. The summed E-state index contributed by atoms with van der Waals surface area (Å²) in [6.07, 6.45) is 1.22. The molecule has 0 spiro atoms. The fourth-order valence-electron chi connectivity index (χ4n) is 2.53. The standard InChI is InChI=1S/C12H18O.C9H13.2ClH.Ti/c1-8(2)10-6-5-7-11(9(3)4)12(10)13;1-8(2)7-9-5-3-4-6-9;;;/h5-9,13H,1-4H3;3-6,8H,7H2,1-2H3;2*1H;/q;-1;;;+3/p-2. The minimum absolute atomic E-state index is 0. The maximum atomic E-state index is 9.93. The van der Waals surface area contributed by atoms with Crippen molar-refractivity contribution in [2.45, 2.75) is 59.8 Å². The largest absolute Gasteiger partial charge is 3.00 e. The number of hydrogen-bond acceptors (Lipinski definition) is 1. The maximum Gasteiger partial charge on any atom is 3.00 e. The molecule has 4 heteroatoms. The van der Waals surface area contributed by atoms with Crippen molar-refractivity contribution in [3.63, 3.8) is 0 Å². The van der Waals surface area contributed by atoms with Crippen LogP contribution in [0.15, 0.2) is 42.5 Å². The number of phenolic OH excluding ortho intramolecular Hbond substituents is 1. The number of aromatic hydroxyl groups is 1. The van der Waals surface area contributed by atoms with E-state index in [0.717, 1.165) is 17.0 Å². The molecule has 2 aromatic carbocycles. The van der Waals surface area contributed by atoms with E-state index in [4.69, 9.17) is 0 Å². The summed E-state index contributed by atoms with van der Waals surface area (Å²) in [7, 11) is 0. The normalized spacial score (nSPS) is 9.64.